The van der Waals surface area contributed by atoms with Crippen molar-refractivity contribution in [3.05, 3.63) is 0 Å². The lowest BCUT2D eigenvalue weighted by Gasteiger charge is -2.34. The third kappa shape index (κ3) is 43.3. The third-order valence-corrected chi connectivity index (χ3v) is 15.6. The van der Waals surface area contributed by atoms with E-state index < -0.39 is 165 Å². The Balaban J connectivity index is -0.00000140. The molecular formula is C63H96Br4Cl4I4O24. The minimum atomic E-state index is -1.51. The number of carbonyl (C=O) groups excluding carboxylic acids is 12. The number of rotatable bonds is 36. The van der Waals surface area contributed by atoms with E-state index in [9.17, 15) is 57.5 Å². The number of halogens is 12. The molecule has 0 fully saturated rings. The quantitative estimate of drug-likeness (QED) is 0.0243. The van der Waals surface area contributed by atoms with Crippen LogP contribution in [0.25, 0.3) is 0 Å². The van der Waals surface area contributed by atoms with E-state index in [-0.39, 0.29) is 52.9 Å². The Hall–Kier alpha value is -0.360. The fourth-order valence-corrected chi connectivity index (χ4v) is 6.73. The summed E-state index contributed by atoms with van der Waals surface area (Å²) in [6.07, 6.45) is 0. The van der Waals surface area contributed by atoms with Crippen molar-refractivity contribution in [2.24, 2.45) is 16.2 Å². The van der Waals surface area contributed by atoms with Crippen molar-refractivity contribution in [1.29, 1.82) is 0 Å². The van der Waals surface area contributed by atoms with E-state index in [0.29, 0.717) is 0 Å². The molecule has 99 heavy (non-hydrogen) atoms. The van der Waals surface area contributed by atoms with Gasteiger partial charge in [-0.2, -0.15) is 0 Å². The Bertz CT molecular complexity index is 2110. The molecular weight excluding hydrogens is 2110 g/mol. The second kappa shape index (κ2) is 40.7. The molecule has 0 aliphatic carbocycles. The molecule has 0 aliphatic rings. The van der Waals surface area contributed by atoms with Gasteiger partial charge < -0.3 is 56.8 Å². The van der Waals surface area contributed by atoms with Gasteiger partial charge in [-0.3, -0.25) is 57.5 Å². The molecule has 0 atom stereocenters. The Morgan fingerprint density at radius 3 is 0.384 bits per heavy atom. The van der Waals surface area contributed by atoms with Gasteiger partial charge in [0.25, 0.3) is 0 Å². The molecule has 0 unspecified atom stereocenters. The van der Waals surface area contributed by atoms with Crippen molar-refractivity contribution in [1.82, 2.24) is 0 Å². The molecule has 0 saturated heterocycles. The van der Waals surface area contributed by atoms with Crippen LogP contribution in [-0.2, 0) is 114 Å². The highest BCUT2D eigenvalue weighted by Gasteiger charge is 2.47. The van der Waals surface area contributed by atoms with Crippen molar-refractivity contribution < 1.29 is 114 Å². The fraction of sp³-hybridized carbons (Fsp3) is 0.810. The number of ether oxygens (including phenoxy) is 12. The monoisotopic (exact) mass is 2200 g/mol. The SMILES string of the molecule is CC(C)(Br)C(=O)OCC(COC(=O)C(C)(C)Br)(COC(=O)C(C)(C)Br)COC(=O)C(C)(C)Br.CC(C)(Cl)C(=O)OCC(COC(=O)C(C)(C)Cl)(COC(=O)C(C)(C)Cl)COC(=O)C(C)(C)Cl.CC(C)(I)C(=O)OCC(COC(=O)C(C)(C)I)(COC(=O)C(C)(C)I)COC(=O)C(C)(C)I. The van der Waals surface area contributed by atoms with E-state index >= 15 is 0 Å². The first-order valence-electron chi connectivity index (χ1n) is 29.9. The standard InChI is InChI=1S/C21H32Br4O8.C21H32Cl4O8.C21H32I4O8/c3*1-17(2,22)13(26)30-9-21(10-31-14(27)18(3,4)23,11-32-15(28)19(5,6)24)12-33-16(29)20(7,8)25/h3*9-12H2,1-8H3. The zero-order valence-corrected chi connectivity index (χ0v) is 78.3. The van der Waals surface area contributed by atoms with Gasteiger partial charge in [-0.05, 0) is 166 Å². The maximum Gasteiger partial charge on any atom is 0.326 e. The van der Waals surface area contributed by atoms with Gasteiger partial charge in [0.15, 0.2) is 0 Å². The number of carbonyl (C=O) groups is 12. The second-order valence-corrected chi connectivity index (χ2v) is 51.6. The molecule has 0 heterocycles. The van der Waals surface area contributed by atoms with Crippen LogP contribution >= 0.6 is 200 Å². The van der Waals surface area contributed by atoms with Crippen molar-refractivity contribution in [2.75, 3.05) is 79.3 Å². The molecule has 0 aromatic heterocycles. The maximum atomic E-state index is 12.4. The minimum absolute atomic E-state index is 0.281. The van der Waals surface area contributed by atoms with Crippen molar-refractivity contribution >= 4 is 272 Å². The average Bonchev–Trinajstić information content (AvgIpc) is 0.859. The van der Waals surface area contributed by atoms with Gasteiger partial charge in [-0.15, -0.1) is 46.4 Å². The van der Waals surface area contributed by atoms with E-state index in [2.05, 4.69) is 63.7 Å². The molecule has 0 saturated carbocycles. The molecule has 0 N–H and O–H groups in total. The molecule has 0 amide bonds. The maximum absolute atomic E-state index is 12.4. The van der Waals surface area contributed by atoms with Crippen LogP contribution in [0.2, 0.25) is 0 Å². The molecule has 0 aliphatic heterocycles. The summed E-state index contributed by atoms with van der Waals surface area (Å²) in [7, 11) is 0. The van der Waals surface area contributed by atoms with Crippen LogP contribution in [-0.4, -0.2) is 201 Å². The average molecular weight is 2210 g/mol. The summed E-state index contributed by atoms with van der Waals surface area (Å²) in [5.74, 6) is -7.62. The number of alkyl halides is 12. The predicted molar refractivity (Wildman–Crippen MR) is 423 cm³/mol. The van der Waals surface area contributed by atoms with Crippen LogP contribution in [0.5, 0.6) is 0 Å². The van der Waals surface area contributed by atoms with Crippen LogP contribution in [0.15, 0.2) is 0 Å². The highest BCUT2D eigenvalue weighted by molar-refractivity contribution is 14.1. The van der Waals surface area contributed by atoms with E-state index in [4.69, 9.17) is 103 Å². The summed E-state index contributed by atoms with van der Waals surface area (Å²) in [5.41, 5.74) is -4.15. The molecule has 24 nitrogen and oxygen atoms in total. The Morgan fingerprint density at radius 1 is 0.212 bits per heavy atom. The topological polar surface area (TPSA) is 316 Å². The highest BCUT2D eigenvalue weighted by Crippen LogP contribution is 2.34. The summed E-state index contributed by atoms with van der Waals surface area (Å²) in [5, 5.41) is 0. The number of hydrogen-bond acceptors (Lipinski definition) is 24. The Labute approximate surface area is 690 Å². The zero-order valence-electron chi connectivity index (χ0n) is 60.3. The van der Waals surface area contributed by atoms with Gasteiger partial charge in [0, 0.05) is 0 Å². The summed E-state index contributed by atoms with van der Waals surface area (Å²) < 4.78 is 57.6. The number of esters is 12. The van der Waals surface area contributed by atoms with Gasteiger partial charge >= 0.3 is 71.6 Å². The Kier molecular flexibility index (Phi) is 42.3. The van der Waals surface area contributed by atoms with Crippen LogP contribution in [0.1, 0.15) is 166 Å². The predicted octanol–water partition coefficient (Wildman–Crippen LogP) is 14.1. The summed E-state index contributed by atoms with van der Waals surface area (Å²) in [4.78, 5) is 143. The molecule has 0 spiro atoms. The van der Waals surface area contributed by atoms with E-state index in [1.165, 1.54) is 55.4 Å². The molecule has 0 aromatic carbocycles. The lowest BCUT2D eigenvalue weighted by molar-refractivity contribution is -0.176. The van der Waals surface area contributed by atoms with Crippen LogP contribution in [0.4, 0.5) is 0 Å². The Morgan fingerprint density at radius 2 is 0.303 bits per heavy atom. The molecule has 0 rings (SSSR count). The number of hydrogen-bond donors (Lipinski definition) is 0. The van der Waals surface area contributed by atoms with E-state index in [1.807, 2.05) is 90.4 Å². The van der Waals surface area contributed by atoms with Gasteiger partial charge in [0.1, 0.15) is 146 Å². The van der Waals surface area contributed by atoms with Crippen LogP contribution < -0.4 is 0 Å². The minimum Gasteiger partial charge on any atom is -0.464 e. The van der Waals surface area contributed by atoms with Crippen LogP contribution in [0.3, 0.4) is 0 Å². The van der Waals surface area contributed by atoms with Gasteiger partial charge in [-0.1, -0.05) is 154 Å². The lowest BCUT2D eigenvalue weighted by Crippen LogP contribution is -2.47. The van der Waals surface area contributed by atoms with E-state index in [0.717, 1.165) is 0 Å². The highest BCUT2D eigenvalue weighted by atomic mass is 127. The van der Waals surface area contributed by atoms with Crippen molar-refractivity contribution in [2.45, 2.75) is 217 Å². The molecule has 576 valence electrons. The first kappa shape index (κ1) is 103. The zero-order chi connectivity index (χ0) is 79.4. The molecule has 0 radical (unpaired) electrons. The summed E-state index contributed by atoms with van der Waals surface area (Å²) in [6, 6.07) is 0. The van der Waals surface area contributed by atoms with Crippen molar-refractivity contribution in [3.63, 3.8) is 0 Å². The van der Waals surface area contributed by atoms with Gasteiger partial charge in [0.2, 0.25) is 0 Å². The normalized spacial score (nSPS) is 13.2. The van der Waals surface area contributed by atoms with Gasteiger partial charge in [0.05, 0.1) is 0 Å². The van der Waals surface area contributed by atoms with E-state index in [1.54, 1.807) is 111 Å². The molecule has 36 heteroatoms. The lowest BCUT2D eigenvalue weighted by atomic mass is 9.91. The fourth-order valence-electron chi connectivity index (χ4n) is 5.43. The smallest absolute Gasteiger partial charge is 0.326 e. The first-order chi connectivity index (χ1) is 43.5. The molecule has 0 bridgehead atoms. The molecule has 0 aromatic rings. The summed E-state index contributed by atoms with van der Waals surface area (Å²) in [6.45, 7) is 33.2. The summed E-state index contributed by atoms with van der Waals surface area (Å²) >= 11 is 44.7. The third-order valence-electron chi connectivity index (χ3n) is 11.9. The van der Waals surface area contributed by atoms with Crippen LogP contribution in [0, 0.1) is 16.2 Å². The van der Waals surface area contributed by atoms with Crippen molar-refractivity contribution in [3.8, 4) is 0 Å². The first-order valence-corrected chi connectivity index (χ1v) is 38.9. The second-order valence-electron chi connectivity index (χ2n) is 29.1. The largest absolute Gasteiger partial charge is 0.464 e. The van der Waals surface area contributed by atoms with Gasteiger partial charge in [-0.25, -0.2) is 0 Å².